The minimum absolute atomic E-state index is 0. The van der Waals surface area contributed by atoms with Gasteiger partial charge in [0.2, 0.25) is 0 Å². The Hall–Kier alpha value is 0.275. The SMILES string of the molecule is [Li+].[Li+].[O-]C(C(F)(F)F)(C(F)(F)F)C([O-])(C(F)(F)F)C(F)(F)F. The fourth-order valence-electron chi connectivity index (χ4n) is 1.12. The predicted octanol–water partition coefficient (Wildman–Crippen LogP) is -4.56. The van der Waals surface area contributed by atoms with Gasteiger partial charge in [0.05, 0.1) is 11.2 Å². The van der Waals surface area contributed by atoms with Crippen LogP contribution in [0.2, 0.25) is 0 Å². The number of hydrogen-bond donors (Lipinski definition) is 0. The van der Waals surface area contributed by atoms with E-state index in [0.29, 0.717) is 0 Å². The van der Waals surface area contributed by atoms with Gasteiger partial charge in [-0.15, -0.1) is 0 Å². The van der Waals surface area contributed by atoms with Crippen molar-refractivity contribution in [3.8, 4) is 0 Å². The van der Waals surface area contributed by atoms with Crippen molar-refractivity contribution in [2.45, 2.75) is 35.9 Å². The second-order valence-corrected chi connectivity index (χ2v) is 3.35. The predicted molar refractivity (Wildman–Crippen MR) is 29.7 cm³/mol. The van der Waals surface area contributed by atoms with Gasteiger partial charge in [-0.3, -0.25) is 0 Å². The van der Waals surface area contributed by atoms with Crippen LogP contribution >= 0.6 is 0 Å². The van der Waals surface area contributed by atoms with Gasteiger partial charge in [-0.1, -0.05) is 0 Å². The number of halogens is 12. The third-order valence-electron chi connectivity index (χ3n) is 2.09. The summed E-state index contributed by atoms with van der Waals surface area (Å²) in [4.78, 5) is 0. The minimum atomic E-state index is -7.86. The van der Waals surface area contributed by atoms with E-state index >= 15 is 0 Å². The largest absolute Gasteiger partial charge is 1.00 e. The molecule has 22 heavy (non-hydrogen) atoms. The molecule has 0 bridgehead atoms. The summed E-state index contributed by atoms with van der Waals surface area (Å²) in [5.74, 6) is 0. The number of hydrogen-bond acceptors (Lipinski definition) is 2. The summed E-state index contributed by atoms with van der Waals surface area (Å²) < 4.78 is 143. The Morgan fingerprint density at radius 3 is 0.500 bits per heavy atom. The monoisotopic (exact) mass is 346 g/mol. The molecule has 0 unspecified atom stereocenters. The van der Waals surface area contributed by atoms with Crippen molar-refractivity contribution in [3.63, 3.8) is 0 Å². The quantitative estimate of drug-likeness (QED) is 0.355. The smallest absolute Gasteiger partial charge is 0.837 e. The van der Waals surface area contributed by atoms with Gasteiger partial charge >= 0.3 is 62.4 Å². The zero-order chi connectivity index (χ0) is 17.0. The van der Waals surface area contributed by atoms with E-state index in [1.165, 1.54) is 0 Å². The van der Waals surface area contributed by atoms with Crippen LogP contribution in [0.15, 0.2) is 0 Å². The summed E-state index contributed by atoms with van der Waals surface area (Å²) in [5, 5.41) is 20.9. The molecule has 0 saturated carbocycles. The summed E-state index contributed by atoms with van der Waals surface area (Å²) in [5.41, 5.74) is -15.7. The second-order valence-electron chi connectivity index (χ2n) is 3.35. The summed E-state index contributed by atoms with van der Waals surface area (Å²) >= 11 is 0. The molecule has 0 aliphatic heterocycles. The molecule has 0 aromatic heterocycles. The summed E-state index contributed by atoms with van der Waals surface area (Å²) in [6, 6.07) is 0. The molecule has 0 heterocycles. The fraction of sp³-hybridized carbons (Fsp3) is 1.00. The van der Waals surface area contributed by atoms with Gasteiger partial charge in [0.25, 0.3) is 0 Å². The topological polar surface area (TPSA) is 46.1 Å². The Labute approximate surface area is 137 Å². The molecule has 0 saturated heterocycles. The Bertz CT molecular complexity index is 302. The van der Waals surface area contributed by atoms with Crippen molar-refractivity contribution in [1.29, 1.82) is 0 Å². The maximum atomic E-state index is 11.9. The molecule has 0 N–H and O–H groups in total. The normalized spacial score (nSPS) is 15.0. The van der Waals surface area contributed by atoms with Crippen molar-refractivity contribution in [2.75, 3.05) is 0 Å². The summed E-state index contributed by atoms with van der Waals surface area (Å²) in [6.07, 6.45) is -30.8. The van der Waals surface area contributed by atoms with Crippen molar-refractivity contribution in [3.05, 3.63) is 0 Å². The Morgan fingerprint density at radius 1 is 0.364 bits per heavy atom. The molecule has 0 spiro atoms. The van der Waals surface area contributed by atoms with Crippen LogP contribution in [0, 0.1) is 0 Å². The van der Waals surface area contributed by atoms with Crippen LogP contribution in [0.3, 0.4) is 0 Å². The first-order chi connectivity index (χ1) is 8.25. The van der Waals surface area contributed by atoms with E-state index in [9.17, 15) is 62.9 Å². The third-order valence-corrected chi connectivity index (χ3v) is 2.09. The molecule has 0 aromatic rings. The van der Waals surface area contributed by atoms with Gasteiger partial charge in [-0.2, -0.15) is 52.7 Å². The zero-order valence-electron chi connectivity index (χ0n) is 10.4. The molecular weight excluding hydrogens is 346 g/mol. The molecule has 122 valence electrons. The molecule has 0 fully saturated rings. The van der Waals surface area contributed by atoms with Crippen LogP contribution in [0.25, 0.3) is 0 Å². The van der Waals surface area contributed by atoms with Gasteiger partial charge in [0, 0.05) is 0 Å². The maximum absolute atomic E-state index is 11.9. The Balaban J connectivity index is -0.00000180. The molecule has 0 atom stereocenters. The van der Waals surface area contributed by atoms with Crippen molar-refractivity contribution in [1.82, 2.24) is 0 Å². The molecule has 0 aliphatic carbocycles. The first-order valence-electron chi connectivity index (χ1n) is 3.93. The van der Waals surface area contributed by atoms with Gasteiger partial charge in [0.1, 0.15) is 0 Å². The van der Waals surface area contributed by atoms with E-state index in [4.69, 9.17) is 0 Å². The standard InChI is InChI=1S/C6F12O2.2Li/c7-3(8,9)1(19,4(10,11)12)2(20,5(13,14)15)6(16,17)18;;/q-2;2*+1. The number of rotatable bonds is 1. The zero-order valence-corrected chi connectivity index (χ0v) is 10.4. The molecule has 0 radical (unpaired) electrons. The van der Waals surface area contributed by atoms with Gasteiger partial charge in [0.15, 0.2) is 0 Å². The Kier molecular flexibility index (Phi) is 8.20. The van der Waals surface area contributed by atoms with E-state index in [0.717, 1.165) is 0 Å². The molecule has 0 aromatic carbocycles. The van der Waals surface area contributed by atoms with Crippen LogP contribution in [-0.4, -0.2) is 35.9 Å². The van der Waals surface area contributed by atoms with E-state index in [2.05, 4.69) is 0 Å². The van der Waals surface area contributed by atoms with E-state index < -0.39 is 35.9 Å². The molecule has 0 rings (SSSR count). The van der Waals surface area contributed by atoms with Crippen LogP contribution in [0.1, 0.15) is 0 Å². The molecular formula is C6F12Li2O2. The van der Waals surface area contributed by atoms with Gasteiger partial charge in [-0.05, 0) is 0 Å². The van der Waals surface area contributed by atoms with Crippen LogP contribution in [0.4, 0.5) is 52.7 Å². The van der Waals surface area contributed by atoms with Crippen molar-refractivity contribution in [2.24, 2.45) is 0 Å². The van der Waals surface area contributed by atoms with Crippen molar-refractivity contribution < 1.29 is 101 Å². The van der Waals surface area contributed by atoms with Crippen LogP contribution < -0.4 is 47.9 Å². The molecule has 16 heteroatoms. The van der Waals surface area contributed by atoms with E-state index in [1.54, 1.807) is 0 Å². The van der Waals surface area contributed by atoms with E-state index in [1.807, 2.05) is 0 Å². The van der Waals surface area contributed by atoms with Crippen LogP contribution in [0.5, 0.6) is 0 Å². The average Bonchev–Trinajstić information content (AvgIpc) is 2.07. The Morgan fingerprint density at radius 2 is 0.455 bits per heavy atom. The first-order valence-corrected chi connectivity index (χ1v) is 3.93. The average molecular weight is 346 g/mol. The molecule has 0 aliphatic rings. The third kappa shape index (κ3) is 3.67. The number of alkyl halides is 12. The van der Waals surface area contributed by atoms with Crippen molar-refractivity contribution >= 4 is 0 Å². The van der Waals surface area contributed by atoms with E-state index in [-0.39, 0.29) is 37.7 Å². The first kappa shape index (κ1) is 27.1. The van der Waals surface area contributed by atoms with Gasteiger partial charge in [-0.25, -0.2) is 0 Å². The maximum Gasteiger partial charge on any atom is 1.00 e. The summed E-state index contributed by atoms with van der Waals surface area (Å²) in [7, 11) is 0. The minimum Gasteiger partial charge on any atom is -0.837 e. The summed E-state index contributed by atoms with van der Waals surface area (Å²) in [6.45, 7) is 0. The molecule has 2 nitrogen and oxygen atoms in total. The molecule has 0 amide bonds. The second kappa shape index (κ2) is 6.65. The van der Waals surface area contributed by atoms with Gasteiger partial charge < -0.3 is 10.2 Å². The van der Waals surface area contributed by atoms with Crippen LogP contribution in [-0.2, 0) is 0 Å². The fourth-order valence-corrected chi connectivity index (χ4v) is 1.12.